The highest BCUT2D eigenvalue weighted by atomic mass is 35.5. The molecule has 3 amide bonds. The van der Waals surface area contributed by atoms with E-state index in [4.69, 9.17) is 27.9 Å². The van der Waals surface area contributed by atoms with Gasteiger partial charge in [-0.05, 0) is 47.5 Å². The summed E-state index contributed by atoms with van der Waals surface area (Å²) in [5.74, 6) is -0.547. The number of carbonyl (C=O) groups excluding carboxylic acids is 2. The minimum Gasteiger partial charge on any atom is -0.374 e. The first-order valence-corrected chi connectivity index (χ1v) is 14.5. The number of carbonyl (C=O) groups is 2. The summed E-state index contributed by atoms with van der Waals surface area (Å²) in [4.78, 5) is 26.7. The highest BCUT2D eigenvalue weighted by Gasteiger charge is 2.21. The molecular formula is C27H28Cl2N4O6S. The highest BCUT2D eigenvalue weighted by Crippen LogP contribution is 2.24. The number of anilines is 1. The fourth-order valence-electron chi connectivity index (χ4n) is 4.16. The second-order valence-corrected chi connectivity index (χ2v) is 11.4. The fraction of sp³-hybridized carbons (Fsp3) is 0.259. The zero-order chi connectivity index (χ0) is 28.7. The van der Waals surface area contributed by atoms with E-state index in [0.29, 0.717) is 36.3 Å². The molecule has 1 aliphatic heterocycles. The summed E-state index contributed by atoms with van der Waals surface area (Å²) in [7, 11) is -4.49. The van der Waals surface area contributed by atoms with Crippen LogP contribution in [0, 0.1) is 0 Å². The lowest BCUT2D eigenvalue weighted by molar-refractivity contribution is -0.0287. The minimum atomic E-state index is -4.49. The number of halogens is 2. The second kappa shape index (κ2) is 13.4. The first-order chi connectivity index (χ1) is 19.1. The Balaban J connectivity index is 1.21. The number of urea groups is 1. The number of para-hydroxylation sites is 1. The van der Waals surface area contributed by atoms with E-state index in [1.807, 2.05) is 12.1 Å². The summed E-state index contributed by atoms with van der Waals surface area (Å²) in [5, 5.41) is 9.12. The van der Waals surface area contributed by atoms with Gasteiger partial charge in [-0.25, -0.2) is 4.79 Å². The van der Waals surface area contributed by atoms with Gasteiger partial charge in [0.05, 0.1) is 28.4 Å². The molecule has 3 aromatic carbocycles. The van der Waals surface area contributed by atoms with E-state index < -0.39 is 20.9 Å². The number of hydrogen-bond donors (Lipinski definition) is 4. The van der Waals surface area contributed by atoms with Gasteiger partial charge in [0.2, 0.25) is 0 Å². The number of nitrogens with zero attached hydrogens (tertiary/aromatic N) is 1. The molecule has 1 heterocycles. The Kier molecular flexibility index (Phi) is 10.0. The summed E-state index contributed by atoms with van der Waals surface area (Å²) in [5.41, 5.74) is 2.05. The maximum atomic E-state index is 12.6. The van der Waals surface area contributed by atoms with E-state index in [9.17, 15) is 22.6 Å². The molecule has 1 atom stereocenters. The summed E-state index contributed by atoms with van der Waals surface area (Å²) < 4.78 is 38.2. The molecule has 10 nitrogen and oxygen atoms in total. The summed E-state index contributed by atoms with van der Waals surface area (Å²) >= 11 is 12.1. The Labute approximate surface area is 242 Å². The van der Waals surface area contributed by atoms with Gasteiger partial charge >= 0.3 is 6.03 Å². The van der Waals surface area contributed by atoms with Crippen LogP contribution in [0.3, 0.4) is 0 Å². The SMILES string of the molecule is O=C(NCc1ccc(C(=O)Nc2ccccc2S(=O)(=O)O)cc1)NC[C@H]1CN(Cc2ccc(Cl)c(Cl)c2)CCO1. The molecule has 0 aliphatic carbocycles. The molecule has 0 spiro atoms. The minimum absolute atomic E-state index is 0.0307. The predicted molar refractivity (Wildman–Crippen MR) is 152 cm³/mol. The molecule has 4 N–H and O–H groups in total. The van der Waals surface area contributed by atoms with Crippen LogP contribution in [0.2, 0.25) is 10.0 Å². The van der Waals surface area contributed by atoms with Crippen molar-refractivity contribution in [2.24, 2.45) is 0 Å². The van der Waals surface area contributed by atoms with Crippen LogP contribution in [-0.4, -0.2) is 62.2 Å². The highest BCUT2D eigenvalue weighted by molar-refractivity contribution is 7.86. The molecule has 1 fully saturated rings. The third-order valence-electron chi connectivity index (χ3n) is 6.19. The molecule has 13 heteroatoms. The second-order valence-electron chi connectivity index (χ2n) is 9.16. The lowest BCUT2D eigenvalue weighted by atomic mass is 10.1. The van der Waals surface area contributed by atoms with Gasteiger partial charge in [-0.1, -0.05) is 53.5 Å². The monoisotopic (exact) mass is 606 g/mol. The third-order valence-corrected chi connectivity index (χ3v) is 7.84. The lowest BCUT2D eigenvalue weighted by Gasteiger charge is -2.33. The Morgan fingerprint density at radius 1 is 0.975 bits per heavy atom. The molecule has 40 heavy (non-hydrogen) atoms. The van der Waals surface area contributed by atoms with Crippen molar-refractivity contribution >= 4 is 50.9 Å². The molecule has 0 aromatic heterocycles. The van der Waals surface area contributed by atoms with Gasteiger partial charge in [-0.3, -0.25) is 14.2 Å². The number of nitrogens with one attached hydrogen (secondary N) is 3. The van der Waals surface area contributed by atoms with Gasteiger partial charge in [0.15, 0.2) is 0 Å². The van der Waals surface area contributed by atoms with Gasteiger partial charge < -0.3 is 20.7 Å². The zero-order valence-corrected chi connectivity index (χ0v) is 23.6. The van der Waals surface area contributed by atoms with Crippen molar-refractivity contribution in [1.82, 2.24) is 15.5 Å². The predicted octanol–water partition coefficient (Wildman–Crippen LogP) is 4.19. The molecule has 0 bridgehead atoms. The van der Waals surface area contributed by atoms with Crippen molar-refractivity contribution in [3.05, 3.63) is 93.5 Å². The van der Waals surface area contributed by atoms with Crippen LogP contribution in [0.4, 0.5) is 10.5 Å². The smallest absolute Gasteiger partial charge is 0.315 e. The number of ether oxygens (including phenoxy) is 1. The standard InChI is InChI=1S/C27H28Cl2N4O6S/c28-22-10-7-19(13-23(22)29)16-33-11-12-39-21(17-33)15-31-27(35)30-14-18-5-8-20(9-6-18)26(34)32-24-3-1-2-4-25(24)40(36,37)38/h1-10,13,21H,11-12,14-17H2,(H,32,34)(H2,30,31,35)(H,36,37,38)/t21-/m0/s1. The topological polar surface area (TPSA) is 137 Å². The van der Waals surface area contributed by atoms with Crippen molar-refractivity contribution in [2.75, 3.05) is 31.6 Å². The molecule has 4 rings (SSSR count). The first kappa shape index (κ1) is 29.8. The van der Waals surface area contributed by atoms with Crippen LogP contribution >= 0.6 is 23.2 Å². The lowest BCUT2D eigenvalue weighted by Crippen LogP contribution is -2.48. The number of benzene rings is 3. The average Bonchev–Trinajstić information content (AvgIpc) is 2.93. The van der Waals surface area contributed by atoms with Crippen molar-refractivity contribution in [2.45, 2.75) is 24.1 Å². The zero-order valence-electron chi connectivity index (χ0n) is 21.3. The van der Waals surface area contributed by atoms with Crippen LogP contribution in [0.5, 0.6) is 0 Å². The van der Waals surface area contributed by atoms with Crippen LogP contribution in [-0.2, 0) is 27.9 Å². The van der Waals surface area contributed by atoms with Crippen molar-refractivity contribution in [1.29, 1.82) is 0 Å². The first-order valence-electron chi connectivity index (χ1n) is 12.3. The summed E-state index contributed by atoms with van der Waals surface area (Å²) in [6, 6.07) is 17.2. The number of amides is 3. The Hall–Kier alpha value is -3.19. The average molecular weight is 608 g/mol. The number of hydrogen-bond acceptors (Lipinski definition) is 6. The van der Waals surface area contributed by atoms with Crippen molar-refractivity contribution < 1.29 is 27.3 Å². The molecule has 1 aliphatic rings. The van der Waals surface area contributed by atoms with E-state index >= 15 is 0 Å². The van der Waals surface area contributed by atoms with Crippen molar-refractivity contribution in [3.8, 4) is 0 Å². The van der Waals surface area contributed by atoms with E-state index in [1.165, 1.54) is 24.3 Å². The fourth-order valence-corrected chi connectivity index (χ4v) is 5.13. The van der Waals surface area contributed by atoms with E-state index in [1.54, 1.807) is 30.3 Å². The van der Waals surface area contributed by atoms with Gasteiger partial charge in [-0.15, -0.1) is 0 Å². The normalized spacial score (nSPS) is 15.8. The van der Waals surface area contributed by atoms with E-state index in [2.05, 4.69) is 20.9 Å². The van der Waals surface area contributed by atoms with Gasteiger partial charge in [-0.2, -0.15) is 8.42 Å². The molecule has 0 radical (unpaired) electrons. The molecule has 3 aromatic rings. The molecular weight excluding hydrogens is 579 g/mol. The molecule has 212 valence electrons. The largest absolute Gasteiger partial charge is 0.374 e. The van der Waals surface area contributed by atoms with Crippen LogP contribution in [0.25, 0.3) is 0 Å². The van der Waals surface area contributed by atoms with Gasteiger partial charge in [0.25, 0.3) is 16.0 Å². The Morgan fingerprint density at radius 3 is 2.42 bits per heavy atom. The Morgan fingerprint density at radius 2 is 1.70 bits per heavy atom. The molecule has 1 saturated heterocycles. The third kappa shape index (κ3) is 8.40. The maximum Gasteiger partial charge on any atom is 0.315 e. The van der Waals surface area contributed by atoms with Crippen LogP contribution in [0.15, 0.2) is 71.6 Å². The van der Waals surface area contributed by atoms with E-state index in [-0.39, 0.29) is 29.9 Å². The van der Waals surface area contributed by atoms with Crippen LogP contribution < -0.4 is 16.0 Å². The molecule has 0 saturated carbocycles. The summed E-state index contributed by atoms with van der Waals surface area (Å²) in [6.07, 6.45) is -0.161. The van der Waals surface area contributed by atoms with Crippen molar-refractivity contribution in [3.63, 3.8) is 0 Å². The summed E-state index contributed by atoms with van der Waals surface area (Å²) in [6.45, 7) is 3.24. The van der Waals surface area contributed by atoms with Gasteiger partial charge in [0, 0.05) is 38.3 Å². The maximum absolute atomic E-state index is 12.6. The molecule has 0 unspecified atom stereocenters. The van der Waals surface area contributed by atoms with Gasteiger partial charge in [0.1, 0.15) is 4.90 Å². The number of morpholine rings is 1. The Bertz CT molecular complexity index is 1470. The quantitative estimate of drug-likeness (QED) is 0.268. The number of rotatable bonds is 9. The van der Waals surface area contributed by atoms with Crippen LogP contribution in [0.1, 0.15) is 21.5 Å². The van der Waals surface area contributed by atoms with E-state index in [0.717, 1.165) is 17.7 Å².